The van der Waals surface area contributed by atoms with Crippen molar-refractivity contribution in [1.29, 1.82) is 0 Å². The molecule has 0 atom stereocenters. The number of hydrogen-bond donors (Lipinski definition) is 1. The summed E-state index contributed by atoms with van der Waals surface area (Å²) in [5.74, 6) is 1.02. The van der Waals surface area contributed by atoms with Crippen molar-refractivity contribution < 1.29 is 0 Å². The summed E-state index contributed by atoms with van der Waals surface area (Å²) < 4.78 is 0. The van der Waals surface area contributed by atoms with Gasteiger partial charge in [-0.2, -0.15) is 0 Å². The molecular weight excluding hydrogens is 284 g/mol. The lowest BCUT2D eigenvalue weighted by molar-refractivity contribution is 0.400. The first kappa shape index (κ1) is 18.2. The molecule has 1 aromatic rings. The Hall–Kier alpha value is -0.840. The van der Waals surface area contributed by atoms with Crippen LogP contribution >= 0.6 is 11.6 Å². The molecule has 0 spiro atoms. The predicted molar refractivity (Wildman–Crippen MR) is 92.3 cm³/mol. The summed E-state index contributed by atoms with van der Waals surface area (Å²) in [5.41, 5.74) is 0.925. The highest BCUT2D eigenvalue weighted by Crippen LogP contribution is 2.19. The highest BCUT2D eigenvalue weighted by atomic mass is 35.5. The third-order valence-corrected chi connectivity index (χ3v) is 3.66. The molecule has 0 unspecified atom stereocenters. The highest BCUT2D eigenvalue weighted by molar-refractivity contribution is 6.31. The fourth-order valence-electron chi connectivity index (χ4n) is 2.09. The van der Waals surface area contributed by atoms with Crippen LogP contribution < -0.4 is 10.2 Å². The zero-order valence-electron chi connectivity index (χ0n) is 14.0. The van der Waals surface area contributed by atoms with Gasteiger partial charge < -0.3 is 15.1 Å². The summed E-state index contributed by atoms with van der Waals surface area (Å²) in [6.45, 7) is 10.2. The number of aromatic nitrogens is 1. The quantitative estimate of drug-likeness (QED) is 0.759. The fourth-order valence-corrected chi connectivity index (χ4v) is 2.26. The minimum atomic E-state index is 0.425. The Bertz CT molecular complexity index is 421. The Morgan fingerprint density at radius 2 is 1.95 bits per heavy atom. The van der Waals surface area contributed by atoms with E-state index >= 15 is 0 Å². The Balaban J connectivity index is 2.72. The van der Waals surface area contributed by atoms with E-state index in [0.717, 1.165) is 42.6 Å². The molecule has 0 aliphatic rings. The summed E-state index contributed by atoms with van der Waals surface area (Å²) >= 11 is 6.25. The lowest BCUT2D eigenvalue weighted by Gasteiger charge is -2.23. The van der Waals surface area contributed by atoms with Crippen molar-refractivity contribution in [2.75, 3.05) is 38.6 Å². The molecule has 1 aromatic heterocycles. The molecule has 0 radical (unpaired) electrons. The van der Waals surface area contributed by atoms with Crippen molar-refractivity contribution in [3.63, 3.8) is 0 Å². The molecule has 1 heterocycles. The first-order valence-electron chi connectivity index (χ1n) is 7.72. The smallest absolute Gasteiger partial charge is 0.128 e. The Morgan fingerprint density at radius 1 is 1.24 bits per heavy atom. The van der Waals surface area contributed by atoms with E-state index in [-0.39, 0.29) is 0 Å². The Kier molecular flexibility index (Phi) is 8.01. The monoisotopic (exact) mass is 312 g/mol. The van der Waals surface area contributed by atoms with E-state index in [4.69, 9.17) is 16.6 Å². The average molecular weight is 313 g/mol. The molecule has 5 heteroatoms. The molecule has 1 N–H and O–H groups in total. The van der Waals surface area contributed by atoms with Crippen LogP contribution in [-0.4, -0.2) is 49.7 Å². The van der Waals surface area contributed by atoms with Gasteiger partial charge in [0.15, 0.2) is 0 Å². The number of hydrogen-bond acceptors (Lipinski definition) is 4. The molecule has 0 saturated heterocycles. The largest absolute Gasteiger partial charge is 0.357 e. The lowest BCUT2D eigenvalue weighted by atomic mass is 10.3. The normalized spacial score (nSPS) is 11.4. The topological polar surface area (TPSA) is 31.4 Å². The minimum Gasteiger partial charge on any atom is -0.357 e. The number of pyridine rings is 1. The van der Waals surface area contributed by atoms with Crippen LogP contribution in [0.1, 0.15) is 32.9 Å². The molecule has 0 aliphatic carbocycles. The predicted octanol–water partition coefficient (Wildman–Crippen LogP) is 3.01. The Labute approximate surface area is 134 Å². The Morgan fingerprint density at radius 3 is 2.52 bits per heavy atom. The summed E-state index contributed by atoms with van der Waals surface area (Å²) in [4.78, 5) is 9.24. The highest BCUT2D eigenvalue weighted by Gasteiger charge is 2.10. The van der Waals surface area contributed by atoms with Crippen LogP contribution in [0.5, 0.6) is 0 Å². The van der Waals surface area contributed by atoms with E-state index in [1.807, 2.05) is 12.1 Å². The van der Waals surface area contributed by atoms with Crippen LogP contribution in [0.3, 0.4) is 0 Å². The zero-order chi connectivity index (χ0) is 15.8. The molecule has 0 aliphatic heterocycles. The van der Waals surface area contributed by atoms with E-state index in [0.29, 0.717) is 12.6 Å². The summed E-state index contributed by atoms with van der Waals surface area (Å²) in [6.07, 6.45) is 1.13. The van der Waals surface area contributed by atoms with Crippen molar-refractivity contribution in [2.45, 2.75) is 39.8 Å². The molecule has 0 aromatic carbocycles. The molecule has 120 valence electrons. The van der Waals surface area contributed by atoms with Crippen LogP contribution in [0.2, 0.25) is 5.02 Å². The molecule has 4 nitrogen and oxygen atoms in total. The molecular formula is C16H29ClN4. The van der Waals surface area contributed by atoms with Crippen LogP contribution in [0, 0.1) is 0 Å². The third kappa shape index (κ3) is 6.64. The standard InChI is InChI=1S/C16H29ClN4/c1-6-21(11-7-10-20(4)5)16-9-8-14(17)15(19-16)12-18-13(2)3/h8-9,13,18H,6-7,10-12H2,1-5H3. The second-order valence-corrected chi connectivity index (χ2v) is 6.28. The van der Waals surface area contributed by atoms with Crippen molar-refractivity contribution in [1.82, 2.24) is 15.2 Å². The second-order valence-electron chi connectivity index (χ2n) is 5.87. The minimum absolute atomic E-state index is 0.425. The van der Waals surface area contributed by atoms with Crippen LogP contribution in [-0.2, 0) is 6.54 Å². The average Bonchev–Trinajstić information content (AvgIpc) is 2.42. The lowest BCUT2D eigenvalue weighted by Crippen LogP contribution is -2.28. The number of rotatable bonds is 9. The van der Waals surface area contributed by atoms with E-state index in [1.54, 1.807) is 0 Å². The SMILES string of the molecule is CCN(CCCN(C)C)c1ccc(Cl)c(CNC(C)C)n1. The van der Waals surface area contributed by atoms with Crippen LogP contribution in [0.25, 0.3) is 0 Å². The molecule has 0 fully saturated rings. The van der Waals surface area contributed by atoms with Gasteiger partial charge in [-0.15, -0.1) is 0 Å². The summed E-state index contributed by atoms with van der Waals surface area (Å²) in [7, 11) is 4.21. The zero-order valence-corrected chi connectivity index (χ0v) is 14.7. The molecule has 1 rings (SSSR count). The summed E-state index contributed by atoms with van der Waals surface area (Å²) in [6, 6.07) is 4.39. The van der Waals surface area contributed by atoms with E-state index < -0.39 is 0 Å². The number of nitrogens with zero attached hydrogens (tertiary/aromatic N) is 3. The van der Waals surface area contributed by atoms with Gasteiger partial charge in [0.05, 0.1) is 10.7 Å². The maximum absolute atomic E-state index is 6.25. The number of anilines is 1. The van der Waals surface area contributed by atoms with Crippen molar-refractivity contribution >= 4 is 17.4 Å². The third-order valence-electron chi connectivity index (χ3n) is 3.32. The number of halogens is 1. The van der Waals surface area contributed by atoms with Crippen molar-refractivity contribution in [2.24, 2.45) is 0 Å². The first-order chi connectivity index (χ1) is 9.93. The van der Waals surface area contributed by atoms with Gasteiger partial charge in [0.2, 0.25) is 0 Å². The van der Waals surface area contributed by atoms with Crippen molar-refractivity contribution in [3.05, 3.63) is 22.8 Å². The first-order valence-corrected chi connectivity index (χ1v) is 8.10. The summed E-state index contributed by atoms with van der Waals surface area (Å²) in [5, 5.41) is 4.11. The van der Waals surface area contributed by atoms with Crippen LogP contribution in [0.15, 0.2) is 12.1 Å². The number of nitrogens with one attached hydrogen (secondary N) is 1. The fraction of sp³-hybridized carbons (Fsp3) is 0.688. The van der Waals surface area contributed by atoms with E-state index in [9.17, 15) is 0 Å². The molecule has 0 saturated carbocycles. The van der Waals surface area contributed by atoms with Gasteiger partial charge in [0.25, 0.3) is 0 Å². The van der Waals surface area contributed by atoms with Gasteiger partial charge >= 0.3 is 0 Å². The van der Waals surface area contributed by atoms with Gasteiger partial charge in [-0.05, 0) is 46.1 Å². The molecule has 0 amide bonds. The van der Waals surface area contributed by atoms with E-state index in [2.05, 4.69) is 50.0 Å². The van der Waals surface area contributed by atoms with Gasteiger partial charge in [0, 0.05) is 25.7 Å². The van der Waals surface area contributed by atoms with Crippen molar-refractivity contribution in [3.8, 4) is 0 Å². The van der Waals surface area contributed by atoms with Crippen LogP contribution in [0.4, 0.5) is 5.82 Å². The second kappa shape index (κ2) is 9.23. The van der Waals surface area contributed by atoms with Gasteiger partial charge in [0.1, 0.15) is 5.82 Å². The molecule has 21 heavy (non-hydrogen) atoms. The van der Waals surface area contributed by atoms with Gasteiger partial charge in [-0.25, -0.2) is 4.98 Å². The van der Waals surface area contributed by atoms with E-state index in [1.165, 1.54) is 0 Å². The van der Waals surface area contributed by atoms with Gasteiger partial charge in [-0.3, -0.25) is 0 Å². The van der Waals surface area contributed by atoms with Gasteiger partial charge in [-0.1, -0.05) is 25.4 Å². The maximum atomic E-state index is 6.25. The maximum Gasteiger partial charge on any atom is 0.128 e. The molecule has 0 bridgehead atoms.